The van der Waals surface area contributed by atoms with Crippen LogP contribution in [0.25, 0.3) is 10.6 Å². The summed E-state index contributed by atoms with van der Waals surface area (Å²) in [6.07, 6.45) is 3.66. The number of rotatable bonds is 6. The van der Waals surface area contributed by atoms with Crippen LogP contribution in [-0.4, -0.2) is 32.6 Å². The number of aromatic nitrogens is 3. The molecule has 0 spiro atoms. The van der Waals surface area contributed by atoms with Crippen LogP contribution in [0, 0.1) is 0 Å². The van der Waals surface area contributed by atoms with Crippen LogP contribution in [0.5, 0.6) is 0 Å². The first-order chi connectivity index (χ1) is 13.7. The number of amides is 1. The average Bonchev–Trinajstić information content (AvgIpc) is 3.40. The molecule has 2 aromatic heterocycles. The minimum Gasteiger partial charge on any atom is -0.336 e. The molecule has 5 nitrogen and oxygen atoms in total. The van der Waals surface area contributed by atoms with Crippen LogP contribution in [0.3, 0.4) is 0 Å². The number of carbonyl (C=O) groups excluding carboxylic acids is 1. The highest BCUT2D eigenvalue weighted by molar-refractivity contribution is 7.13. The van der Waals surface area contributed by atoms with E-state index in [-0.39, 0.29) is 5.91 Å². The van der Waals surface area contributed by atoms with E-state index in [1.165, 1.54) is 0 Å². The normalized spacial score (nSPS) is 10.8. The fourth-order valence-electron chi connectivity index (χ4n) is 3.01. The van der Waals surface area contributed by atoms with Gasteiger partial charge in [-0.25, -0.2) is 4.98 Å². The van der Waals surface area contributed by atoms with Gasteiger partial charge in [-0.1, -0.05) is 42.5 Å². The Kier molecular flexibility index (Phi) is 5.30. The van der Waals surface area contributed by atoms with Gasteiger partial charge in [0.1, 0.15) is 5.01 Å². The molecule has 0 atom stereocenters. The molecule has 140 valence electrons. The van der Waals surface area contributed by atoms with Gasteiger partial charge in [-0.3, -0.25) is 9.48 Å². The first-order valence-electron chi connectivity index (χ1n) is 9.01. The quantitative estimate of drug-likeness (QED) is 0.494. The van der Waals surface area contributed by atoms with Gasteiger partial charge in [0.05, 0.1) is 18.8 Å². The molecule has 0 saturated heterocycles. The molecule has 2 heterocycles. The van der Waals surface area contributed by atoms with Crippen molar-refractivity contribution in [3.63, 3.8) is 0 Å². The Morgan fingerprint density at radius 3 is 2.75 bits per heavy atom. The Hall–Kier alpha value is -3.25. The van der Waals surface area contributed by atoms with E-state index in [2.05, 4.69) is 10.1 Å². The van der Waals surface area contributed by atoms with Crippen molar-refractivity contribution in [1.82, 2.24) is 19.7 Å². The van der Waals surface area contributed by atoms with Crippen molar-refractivity contribution in [2.75, 3.05) is 7.05 Å². The largest absolute Gasteiger partial charge is 0.336 e. The lowest BCUT2D eigenvalue weighted by Gasteiger charge is -2.16. The number of thiazole rings is 1. The third-order valence-corrected chi connectivity index (χ3v) is 5.34. The van der Waals surface area contributed by atoms with Crippen LogP contribution in [0.4, 0.5) is 0 Å². The summed E-state index contributed by atoms with van der Waals surface area (Å²) in [5.74, 6) is -0.0171. The number of benzene rings is 2. The van der Waals surface area contributed by atoms with Gasteiger partial charge in [-0.15, -0.1) is 11.3 Å². The highest BCUT2D eigenvalue weighted by atomic mass is 32.1. The van der Waals surface area contributed by atoms with E-state index < -0.39 is 0 Å². The summed E-state index contributed by atoms with van der Waals surface area (Å²) in [7, 11) is 1.81. The maximum Gasteiger partial charge on any atom is 0.253 e. The minimum absolute atomic E-state index is 0.0171. The van der Waals surface area contributed by atoms with Crippen molar-refractivity contribution in [1.29, 1.82) is 0 Å². The summed E-state index contributed by atoms with van der Waals surface area (Å²) in [6.45, 7) is 1.12. The second-order valence-electron chi connectivity index (χ2n) is 6.58. The van der Waals surface area contributed by atoms with Gasteiger partial charge in [-0.2, -0.15) is 5.10 Å². The third-order valence-electron chi connectivity index (χ3n) is 4.40. The van der Waals surface area contributed by atoms with Gasteiger partial charge in [-0.05, 0) is 23.8 Å². The molecule has 0 N–H and O–H groups in total. The number of hydrogen-bond donors (Lipinski definition) is 0. The summed E-state index contributed by atoms with van der Waals surface area (Å²) in [5.41, 5.74) is 3.71. The predicted octanol–water partition coefficient (Wildman–Crippen LogP) is 4.33. The zero-order valence-corrected chi connectivity index (χ0v) is 16.3. The van der Waals surface area contributed by atoms with Crippen molar-refractivity contribution in [2.24, 2.45) is 0 Å². The molecule has 0 aliphatic carbocycles. The topological polar surface area (TPSA) is 51.0 Å². The van der Waals surface area contributed by atoms with Gasteiger partial charge in [0.15, 0.2) is 0 Å². The predicted molar refractivity (Wildman–Crippen MR) is 111 cm³/mol. The van der Waals surface area contributed by atoms with E-state index in [0.29, 0.717) is 18.7 Å². The van der Waals surface area contributed by atoms with Crippen molar-refractivity contribution in [3.8, 4) is 10.6 Å². The fourth-order valence-corrected chi connectivity index (χ4v) is 3.83. The van der Waals surface area contributed by atoms with Crippen LogP contribution in [0.1, 0.15) is 21.6 Å². The van der Waals surface area contributed by atoms with Crippen molar-refractivity contribution in [3.05, 3.63) is 95.3 Å². The van der Waals surface area contributed by atoms with E-state index in [1.807, 2.05) is 84.0 Å². The fraction of sp³-hybridized carbons (Fsp3) is 0.136. The molecule has 0 saturated carbocycles. The van der Waals surface area contributed by atoms with Crippen LogP contribution in [0.15, 0.2) is 78.4 Å². The molecular weight excluding hydrogens is 368 g/mol. The maximum absolute atomic E-state index is 12.9. The second-order valence-corrected chi connectivity index (χ2v) is 7.43. The Morgan fingerprint density at radius 2 is 1.96 bits per heavy atom. The Balaban J connectivity index is 1.44. The lowest BCUT2D eigenvalue weighted by molar-refractivity contribution is 0.0783. The lowest BCUT2D eigenvalue weighted by atomic mass is 10.1. The summed E-state index contributed by atoms with van der Waals surface area (Å²) in [6, 6.07) is 19.7. The minimum atomic E-state index is -0.0171. The Labute approximate surface area is 167 Å². The summed E-state index contributed by atoms with van der Waals surface area (Å²) in [5, 5.41) is 7.20. The highest BCUT2D eigenvalue weighted by Crippen LogP contribution is 2.24. The van der Waals surface area contributed by atoms with Crippen LogP contribution in [-0.2, 0) is 13.1 Å². The van der Waals surface area contributed by atoms with E-state index in [1.54, 1.807) is 22.4 Å². The second kappa shape index (κ2) is 8.19. The molecule has 0 aliphatic heterocycles. The van der Waals surface area contributed by atoms with Crippen LogP contribution in [0.2, 0.25) is 0 Å². The molecule has 1 amide bonds. The zero-order chi connectivity index (χ0) is 19.3. The number of nitrogens with zero attached hydrogens (tertiary/aromatic N) is 4. The zero-order valence-electron chi connectivity index (χ0n) is 15.5. The lowest BCUT2D eigenvalue weighted by Crippen LogP contribution is -2.26. The Bertz CT molecular complexity index is 1060. The van der Waals surface area contributed by atoms with Crippen LogP contribution < -0.4 is 0 Å². The first kappa shape index (κ1) is 18.1. The van der Waals surface area contributed by atoms with Gasteiger partial charge in [0.2, 0.25) is 0 Å². The molecule has 0 fully saturated rings. The molecular formula is C22H20N4OS. The molecule has 6 heteroatoms. The molecule has 0 radical (unpaired) electrons. The van der Waals surface area contributed by atoms with E-state index in [9.17, 15) is 4.79 Å². The van der Waals surface area contributed by atoms with E-state index in [4.69, 9.17) is 0 Å². The monoisotopic (exact) mass is 388 g/mol. The van der Waals surface area contributed by atoms with Crippen molar-refractivity contribution >= 4 is 17.2 Å². The molecule has 0 aliphatic rings. The van der Waals surface area contributed by atoms with Gasteiger partial charge >= 0.3 is 0 Å². The molecule has 0 unspecified atom stereocenters. The highest BCUT2D eigenvalue weighted by Gasteiger charge is 2.14. The van der Waals surface area contributed by atoms with Gasteiger partial charge in [0, 0.05) is 35.9 Å². The average molecular weight is 388 g/mol. The number of hydrogen-bond acceptors (Lipinski definition) is 4. The summed E-state index contributed by atoms with van der Waals surface area (Å²) < 4.78 is 1.84. The summed E-state index contributed by atoms with van der Waals surface area (Å²) in [4.78, 5) is 19.2. The van der Waals surface area contributed by atoms with Crippen molar-refractivity contribution in [2.45, 2.75) is 13.1 Å². The molecule has 28 heavy (non-hydrogen) atoms. The van der Waals surface area contributed by atoms with Crippen molar-refractivity contribution < 1.29 is 4.79 Å². The maximum atomic E-state index is 12.9. The smallest absolute Gasteiger partial charge is 0.253 e. The third kappa shape index (κ3) is 4.18. The van der Waals surface area contributed by atoms with Crippen LogP contribution >= 0.6 is 11.3 Å². The SMILES string of the molecule is CN(Cc1csc(-c2ccccc2)n1)C(=O)c1cccc(Cn2cccn2)c1. The standard InChI is InChI=1S/C22H20N4OS/c1-25(15-20-16-28-21(24-20)18-8-3-2-4-9-18)22(27)19-10-5-7-17(13-19)14-26-12-6-11-23-26/h2-13,16H,14-15H2,1H3. The molecule has 0 bridgehead atoms. The first-order valence-corrected chi connectivity index (χ1v) is 9.88. The molecule has 4 aromatic rings. The number of carbonyl (C=O) groups is 1. The van der Waals surface area contributed by atoms with E-state index >= 15 is 0 Å². The van der Waals surface area contributed by atoms with Gasteiger partial charge < -0.3 is 4.90 Å². The van der Waals surface area contributed by atoms with E-state index in [0.717, 1.165) is 21.8 Å². The Morgan fingerprint density at radius 1 is 1.11 bits per heavy atom. The molecule has 4 rings (SSSR count). The summed E-state index contributed by atoms with van der Waals surface area (Å²) >= 11 is 1.60. The van der Waals surface area contributed by atoms with Gasteiger partial charge in [0.25, 0.3) is 5.91 Å². The molecule has 2 aromatic carbocycles.